The van der Waals surface area contributed by atoms with E-state index in [1.807, 2.05) is 66.9 Å². The fraction of sp³-hybridized carbons (Fsp3) is 0.241. The first-order valence-electron chi connectivity index (χ1n) is 12.5. The molecule has 2 N–H and O–H groups in total. The third-order valence-corrected chi connectivity index (χ3v) is 6.62. The van der Waals surface area contributed by atoms with E-state index in [1.165, 1.54) is 0 Å². The number of aromatic nitrogens is 4. The second-order valence-electron chi connectivity index (χ2n) is 9.57. The Labute approximate surface area is 214 Å². The molecule has 1 amide bonds. The lowest BCUT2D eigenvalue weighted by atomic mass is 10.1. The maximum absolute atomic E-state index is 12.7. The van der Waals surface area contributed by atoms with E-state index in [1.54, 1.807) is 6.20 Å². The van der Waals surface area contributed by atoms with Gasteiger partial charge in [0.1, 0.15) is 5.82 Å². The van der Waals surface area contributed by atoms with E-state index < -0.39 is 0 Å². The second-order valence-corrected chi connectivity index (χ2v) is 9.57. The van der Waals surface area contributed by atoms with Crippen molar-refractivity contribution in [2.24, 2.45) is 0 Å². The number of carbonyl (C=O) groups is 1. The van der Waals surface area contributed by atoms with Gasteiger partial charge in [-0.05, 0) is 67.8 Å². The number of hydrogen-bond acceptors (Lipinski definition) is 6. The smallest absolute Gasteiger partial charge is 0.251 e. The molecule has 0 spiro atoms. The van der Waals surface area contributed by atoms with Crippen LogP contribution in [0.5, 0.6) is 0 Å². The van der Waals surface area contributed by atoms with E-state index in [0.29, 0.717) is 12.1 Å². The van der Waals surface area contributed by atoms with Gasteiger partial charge in [0.05, 0.1) is 41.4 Å². The molecule has 0 aliphatic carbocycles. The molecule has 1 fully saturated rings. The van der Waals surface area contributed by atoms with Gasteiger partial charge in [0.25, 0.3) is 5.91 Å². The van der Waals surface area contributed by atoms with Crippen molar-refractivity contribution in [1.29, 1.82) is 0 Å². The van der Waals surface area contributed by atoms with Gasteiger partial charge in [-0.1, -0.05) is 12.1 Å². The van der Waals surface area contributed by atoms with Gasteiger partial charge >= 0.3 is 0 Å². The summed E-state index contributed by atoms with van der Waals surface area (Å²) >= 11 is 0. The molecule has 1 aliphatic heterocycles. The number of nitrogens with zero attached hydrogens (tertiary/aromatic N) is 4. The lowest BCUT2D eigenvalue weighted by Gasteiger charge is -2.36. The predicted molar refractivity (Wildman–Crippen MR) is 144 cm³/mol. The molecule has 0 unspecified atom stereocenters. The van der Waals surface area contributed by atoms with Crippen LogP contribution >= 0.6 is 0 Å². The highest BCUT2D eigenvalue weighted by molar-refractivity contribution is 5.97. The average Bonchev–Trinajstić information content (AvgIpc) is 3.39. The molecule has 0 saturated carbocycles. The first-order chi connectivity index (χ1) is 18.0. The van der Waals surface area contributed by atoms with Gasteiger partial charge in [-0.15, -0.1) is 0 Å². The van der Waals surface area contributed by atoms with Crippen molar-refractivity contribution >= 4 is 33.5 Å². The van der Waals surface area contributed by atoms with Crippen LogP contribution in [0.1, 0.15) is 29.9 Å². The second kappa shape index (κ2) is 9.63. The Bertz CT molecular complexity index is 1590. The molecule has 2 atom stereocenters. The van der Waals surface area contributed by atoms with Crippen molar-refractivity contribution in [1.82, 2.24) is 25.3 Å². The van der Waals surface area contributed by atoms with Crippen LogP contribution in [0, 0.1) is 0 Å². The number of pyridine rings is 3. The number of amides is 1. The minimum atomic E-state index is -0.145. The van der Waals surface area contributed by atoms with Crippen molar-refractivity contribution in [2.45, 2.75) is 32.6 Å². The van der Waals surface area contributed by atoms with Gasteiger partial charge < -0.3 is 19.9 Å². The first-order valence-corrected chi connectivity index (χ1v) is 12.5. The van der Waals surface area contributed by atoms with Gasteiger partial charge in [0.2, 0.25) is 0 Å². The molecule has 6 rings (SSSR count). The zero-order chi connectivity index (χ0) is 25.4. The van der Waals surface area contributed by atoms with E-state index in [0.717, 1.165) is 57.8 Å². The Morgan fingerprint density at radius 1 is 1.00 bits per heavy atom. The van der Waals surface area contributed by atoms with Crippen LogP contribution < -0.4 is 10.2 Å². The zero-order valence-corrected chi connectivity index (χ0v) is 20.8. The van der Waals surface area contributed by atoms with E-state index >= 15 is 0 Å². The fourth-order valence-electron chi connectivity index (χ4n) is 4.87. The number of carbonyl (C=O) groups excluding carboxylic acids is 1. The summed E-state index contributed by atoms with van der Waals surface area (Å²) < 4.78 is 5.87. The van der Waals surface area contributed by atoms with Gasteiger partial charge in [0.15, 0.2) is 0 Å². The molecule has 5 aromatic rings. The molecule has 186 valence electrons. The molecule has 8 heteroatoms. The summed E-state index contributed by atoms with van der Waals surface area (Å²) in [6, 6.07) is 19.5. The highest BCUT2D eigenvalue weighted by Gasteiger charge is 2.23. The number of anilines is 1. The lowest BCUT2D eigenvalue weighted by molar-refractivity contribution is -0.00545. The Kier molecular flexibility index (Phi) is 6.02. The maximum Gasteiger partial charge on any atom is 0.251 e. The number of H-pyrrole nitrogens is 1. The Morgan fingerprint density at radius 3 is 2.68 bits per heavy atom. The molecule has 0 radical (unpaired) electrons. The molecule has 5 heterocycles. The van der Waals surface area contributed by atoms with Crippen molar-refractivity contribution < 1.29 is 9.53 Å². The number of nitrogens with one attached hydrogen (secondary N) is 2. The van der Waals surface area contributed by atoms with Crippen LogP contribution in [0.4, 0.5) is 5.82 Å². The quantitative estimate of drug-likeness (QED) is 0.369. The number of benzene rings is 1. The summed E-state index contributed by atoms with van der Waals surface area (Å²) in [5, 5.41) is 4.97. The van der Waals surface area contributed by atoms with Crippen molar-refractivity contribution in [3.63, 3.8) is 0 Å². The van der Waals surface area contributed by atoms with Crippen molar-refractivity contribution in [3.8, 4) is 11.4 Å². The van der Waals surface area contributed by atoms with Crippen molar-refractivity contribution in [3.05, 3.63) is 84.3 Å². The van der Waals surface area contributed by atoms with Crippen LogP contribution in [0.15, 0.2) is 73.1 Å². The Morgan fingerprint density at radius 2 is 1.81 bits per heavy atom. The number of hydrogen-bond donors (Lipinski definition) is 2. The summed E-state index contributed by atoms with van der Waals surface area (Å²) in [5.74, 6) is 0.782. The molecular formula is C29H28N6O2. The number of aromatic amines is 1. The van der Waals surface area contributed by atoms with Gasteiger partial charge in [-0.2, -0.15) is 0 Å². The minimum absolute atomic E-state index is 0.145. The Hall–Kier alpha value is -4.30. The van der Waals surface area contributed by atoms with Gasteiger partial charge in [-0.3, -0.25) is 9.78 Å². The fourth-order valence-corrected chi connectivity index (χ4v) is 4.87. The van der Waals surface area contributed by atoms with Crippen LogP contribution in [0.25, 0.3) is 33.2 Å². The monoisotopic (exact) mass is 492 g/mol. The summed E-state index contributed by atoms with van der Waals surface area (Å²) in [7, 11) is 0. The highest BCUT2D eigenvalue weighted by atomic mass is 16.5. The molecule has 1 aromatic carbocycles. The summed E-state index contributed by atoms with van der Waals surface area (Å²) in [4.78, 5) is 32.4. The van der Waals surface area contributed by atoms with E-state index in [2.05, 4.69) is 34.0 Å². The minimum Gasteiger partial charge on any atom is -0.372 e. The molecular weight excluding hydrogens is 464 g/mol. The third-order valence-electron chi connectivity index (χ3n) is 6.62. The maximum atomic E-state index is 12.7. The molecule has 37 heavy (non-hydrogen) atoms. The topological polar surface area (TPSA) is 96.0 Å². The number of ether oxygens (including phenoxy) is 1. The summed E-state index contributed by atoms with van der Waals surface area (Å²) in [6.45, 7) is 6.11. The first kappa shape index (κ1) is 23.1. The number of rotatable bonds is 5. The molecule has 8 nitrogen and oxygen atoms in total. The third kappa shape index (κ3) is 4.88. The van der Waals surface area contributed by atoms with Gasteiger partial charge in [0, 0.05) is 41.9 Å². The van der Waals surface area contributed by atoms with E-state index in [9.17, 15) is 4.79 Å². The Balaban J connectivity index is 1.20. The molecule has 1 aliphatic rings. The largest absolute Gasteiger partial charge is 0.372 e. The average molecular weight is 493 g/mol. The number of fused-ring (bicyclic) bond motifs is 2. The van der Waals surface area contributed by atoms with Crippen molar-refractivity contribution in [2.75, 3.05) is 18.0 Å². The van der Waals surface area contributed by atoms with Crippen LogP contribution in [-0.4, -0.2) is 51.1 Å². The van der Waals surface area contributed by atoms with Crippen LogP contribution in [0.2, 0.25) is 0 Å². The molecule has 1 saturated heterocycles. The lowest BCUT2D eigenvalue weighted by Crippen LogP contribution is -2.45. The zero-order valence-electron chi connectivity index (χ0n) is 20.8. The standard InChI is InChI=1S/C29H28N6O2/c1-18-16-35(17-19(2)37-18)28-5-3-4-24(34-28)25-9-8-22-14-31-23(13-27(22)33-25)15-32-29(36)21-7-6-20-10-11-30-26(20)12-21/h3-14,18-19,30H,15-17H2,1-2H3,(H,32,36)/t18-,19+. The SMILES string of the molecule is C[C@@H]1CN(c2cccc(-c3ccc4cnc(CNC(=O)c5ccc6cc[nH]c6c5)cc4n3)n2)C[C@H](C)O1. The van der Waals surface area contributed by atoms with E-state index in [-0.39, 0.29) is 18.1 Å². The van der Waals surface area contributed by atoms with Gasteiger partial charge in [-0.25, -0.2) is 9.97 Å². The summed E-state index contributed by atoms with van der Waals surface area (Å²) in [5.41, 5.74) is 4.70. The molecule has 4 aromatic heterocycles. The van der Waals surface area contributed by atoms with E-state index in [4.69, 9.17) is 14.7 Å². The van der Waals surface area contributed by atoms with Crippen LogP contribution in [-0.2, 0) is 11.3 Å². The highest BCUT2D eigenvalue weighted by Crippen LogP contribution is 2.24. The summed E-state index contributed by atoms with van der Waals surface area (Å²) in [6.07, 6.45) is 3.98. The molecule has 0 bridgehead atoms. The number of morpholine rings is 1. The van der Waals surface area contributed by atoms with Crippen LogP contribution in [0.3, 0.4) is 0 Å². The predicted octanol–water partition coefficient (Wildman–Crippen LogP) is 4.72. The normalized spacial score (nSPS) is 17.8.